The maximum atomic E-state index is 12.3. The van der Waals surface area contributed by atoms with E-state index in [9.17, 15) is 14.4 Å². The van der Waals surface area contributed by atoms with Crippen LogP contribution < -0.4 is 16.0 Å². The minimum atomic E-state index is -0.706. The zero-order valence-electron chi connectivity index (χ0n) is 15.3. The highest BCUT2D eigenvalue weighted by Crippen LogP contribution is 2.29. The van der Waals surface area contributed by atoms with Crippen LogP contribution in [0.2, 0.25) is 0 Å². The Hall–Kier alpha value is -2.37. The molecule has 1 fully saturated rings. The van der Waals surface area contributed by atoms with Crippen LogP contribution in [0.15, 0.2) is 18.2 Å². The van der Waals surface area contributed by atoms with Crippen molar-refractivity contribution < 1.29 is 14.4 Å². The van der Waals surface area contributed by atoms with Crippen molar-refractivity contribution in [3.63, 3.8) is 0 Å². The molecule has 0 saturated heterocycles. The maximum absolute atomic E-state index is 12.3. The van der Waals surface area contributed by atoms with Gasteiger partial charge in [-0.15, -0.1) is 0 Å². The third kappa shape index (κ3) is 4.38. The molecule has 1 aromatic carbocycles. The summed E-state index contributed by atoms with van der Waals surface area (Å²) >= 11 is 0. The van der Waals surface area contributed by atoms with Gasteiger partial charge < -0.3 is 16.0 Å². The summed E-state index contributed by atoms with van der Waals surface area (Å²) in [6, 6.07) is 5.06. The van der Waals surface area contributed by atoms with Crippen molar-refractivity contribution in [2.75, 3.05) is 12.4 Å². The number of anilines is 1. The van der Waals surface area contributed by atoms with Crippen molar-refractivity contribution in [2.24, 2.45) is 11.8 Å². The molecular weight excluding hydrogens is 318 g/mol. The van der Waals surface area contributed by atoms with E-state index in [4.69, 9.17) is 0 Å². The van der Waals surface area contributed by atoms with Crippen LogP contribution in [-0.4, -0.2) is 30.8 Å². The van der Waals surface area contributed by atoms with Crippen molar-refractivity contribution in [3.8, 4) is 0 Å². The Morgan fingerprint density at radius 2 is 1.80 bits per heavy atom. The third-order valence-electron chi connectivity index (χ3n) is 5.28. The fourth-order valence-corrected chi connectivity index (χ4v) is 3.35. The van der Waals surface area contributed by atoms with Crippen LogP contribution in [0, 0.1) is 18.8 Å². The number of hydrogen-bond acceptors (Lipinski definition) is 3. The van der Waals surface area contributed by atoms with E-state index < -0.39 is 11.8 Å². The van der Waals surface area contributed by atoms with Crippen LogP contribution in [0.4, 0.5) is 5.69 Å². The lowest BCUT2D eigenvalue weighted by Crippen LogP contribution is -2.47. The molecule has 1 saturated carbocycles. The Labute approximate surface area is 148 Å². The summed E-state index contributed by atoms with van der Waals surface area (Å²) in [6.45, 7) is 6.03. The minimum Gasteiger partial charge on any atom is -0.355 e. The van der Waals surface area contributed by atoms with Crippen LogP contribution in [0.3, 0.4) is 0 Å². The van der Waals surface area contributed by atoms with Gasteiger partial charge in [-0.05, 0) is 42.9 Å². The van der Waals surface area contributed by atoms with Crippen LogP contribution in [-0.2, 0) is 9.59 Å². The first-order valence-electron chi connectivity index (χ1n) is 8.78. The molecule has 136 valence electrons. The summed E-state index contributed by atoms with van der Waals surface area (Å²) in [6.07, 6.45) is 3.12. The first kappa shape index (κ1) is 19.0. The van der Waals surface area contributed by atoms with Gasteiger partial charge in [-0.1, -0.05) is 32.8 Å². The molecule has 3 amide bonds. The fourth-order valence-electron chi connectivity index (χ4n) is 3.35. The smallest absolute Gasteiger partial charge is 0.313 e. The molecule has 0 aromatic heterocycles. The predicted octanol–water partition coefficient (Wildman–Crippen LogP) is 2.23. The number of benzene rings is 1. The maximum Gasteiger partial charge on any atom is 0.313 e. The normalized spacial score (nSPS) is 22.8. The van der Waals surface area contributed by atoms with Gasteiger partial charge in [0.2, 0.25) is 0 Å². The summed E-state index contributed by atoms with van der Waals surface area (Å²) in [5, 5.41) is 8.03. The molecule has 2 rings (SSSR count). The summed E-state index contributed by atoms with van der Waals surface area (Å²) in [5.74, 6) is -0.682. The average molecular weight is 345 g/mol. The van der Waals surface area contributed by atoms with Gasteiger partial charge in [-0.3, -0.25) is 14.4 Å². The first-order valence-corrected chi connectivity index (χ1v) is 8.78. The highest BCUT2D eigenvalue weighted by atomic mass is 16.2. The monoisotopic (exact) mass is 345 g/mol. The Morgan fingerprint density at radius 1 is 1.08 bits per heavy atom. The topological polar surface area (TPSA) is 87.3 Å². The van der Waals surface area contributed by atoms with Gasteiger partial charge >= 0.3 is 11.8 Å². The zero-order chi connectivity index (χ0) is 18.6. The summed E-state index contributed by atoms with van der Waals surface area (Å²) in [7, 11) is 1.55. The number of carbonyl (C=O) groups is 3. The van der Waals surface area contributed by atoms with Crippen molar-refractivity contribution in [1.82, 2.24) is 10.6 Å². The largest absolute Gasteiger partial charge is 0.355 e. The van der Waals surface area contributed by atoms with Gasteiger partial charge in [-0.25, -0.2) is 0 Å². The molecule has 0 bridgehead atoms. The third-order valence-corrected chi connectivity index (χ3v) is 5.28. The van der Waals surface area contributed by atoms with Crippen LogP contribution >= 0.6 is 0 Å². The second kappa shape index (κ2) is 8.14. The highest BCUT2D eigenvalue weighted by molar-refractivity contribution is 6.39. The molecule has 0 aliphatic heterocycles. The molecule has 6 heteroatoms. The molecule has 3 N–H and O–H groups in total. The number of hydrogen-bond donors (Lipinski definition) is 3. The van der Waals surface area contributed by atoms with Crippen LogP contribution in [0.5, 0.6) is 0 Å². The molecule has 0 radical (unpaired) electrons. The second-order valence-corrected chi connectivity index (χ2v) is 6.86. The quantitative estimate of drug-likeness (QED) is 0.734. The second-order valence-electron chi connectivity index (χ2n) is 6.86. The van der Waals surface area contributed by atoms with Gasteiger partial charge in [0.15, 0.2) is 0 Å². The number of rotatable bonds is 3. The Balaban J connectivity index is 2.04. The van der Waals surface area contributed by atoms with Crippen LogP contribution in [0.25, 0.3) is 0 Å². The molecule has 6 nitrogen and oxygen atoms in total. The van der Waals surface area contributed by atoms with Gasteiger partial charge in [-0.2, -0.15) is 0 Å². The summed E-state index contributed by atoms with van der Waals surface area (Å²) in [4.78, 5) is 36.3. The zero-order valence-corrected chi connectivity index (χ0v) is 15.3. The number of carbonyl (C=O) groups excluding carboxylic acids is 3. The predicted molar refractivity (Wildman–Crippen MR) is 97.3 cm³/mol. The average Bonchev–Trinajstić information content (AvgIpc) is 2.60. The molecular formula is C19H27N3O3. The molecule has 1 aromatic rings. The Bertz CT molecular complexity index is 672. The molecule has 1 aliphatic carbocycles. The molecule has 3 atom stereocenters. The Kier molecular flexibility index (Phi) is 6.17. The van der Waals surface area contributed by atoms with E-state index in [1.54, 1.807) is 32.2 Å². The lowest BCUT2D eigenvalue weighted by molar-refractivity contribution is -0.137. The van der Waals surface area contributed by atoms with Gasteiger partial charge in [0.25, 0.3) is 5.91 Å². The van der Waals surface area contributed by atoms with E-state index in [1.807, 2.05) is 0 Å². The van der Waals surface area contributed by atoms with Gasteiger partial charge in [0.1, 0.15) is 0 Å². The van der Waals surface area contributed by atoms with E-state index in [2.05, 4.69) is 29.8 Å². The van der Waals surface area contributed by atoms with Crippen molar-refractivity contribution in [3.05, 3.63) is 29.3 Å². The van der Waals surface area contributed by atoms with Gasteiger partial charge in [0.05, 0.1) is 0 Å². The lowest BCUT2D eigenvalue weighted by atomic mass is 9.78. The van der Waals surface area contributed by atoms with Crippen LogP contribution in [0.1, 0.15) is 49.0 Å². The molecule has 25 heavy (non-hydrogen) atoms. The van der Waals surface area contributed by atoms with Crippen molar-refractivity contribution in [2.45, 2.75) is 46.1 Å². The summed E-state index contributed by atoms with van der Waals surface area (Å²) in [5.41, 5.74) is 1.56. The molecule has 1 aliphatic rings. The standard InChI is InChI=1S/C19H27N3O3/c1-11-7-5-9-15(12(11)2)21-18(24)19(25)22-16-10-6-8-14(13(16)3)17(23)20-4/h6,8,10-12,15H,5,7,9H2,1-4H3,(H,20,23)(H,21,24)(H,22,25)/t11-,12-,15-/m1/s1. The molecule has 0 heterocycles. The summed E-state index contributed by atoms with van der Waals surface area (Å²) < 4.78 is 0. The Morgan fingerprint density at radius 3 is 2.48 bits per heavy atom. The van der Waals surface area contributed by atoms with E-state index in [0.717, 1.165) is 19.3 Å². The van der Waals surface area contributed by atoms with Crippen molar-refractivity contribution >= 4 is 23.4 Å². The van der Waals surface area contributed by atoms with E-state index in [-0.39, 0.29) is 11.9 Å². The minimum absolute atomic E-state index is 0.0281. The van der Waals surface area contributed by atoms with E-state index in [1.165, 1.54) is 0 Å². The van der Waals surface area contributed by atoms with Crippen molar-refractivity contribution in [1.29, 1.82) is 0 Å². The highest BCUT2D eigenvalue weighted by Gasteiger charge is 2.29. The fraction of sp³-hybridized carbons (Fsp3) is 0.526. The van der Waals surface area contributed by atoms with E-state index >= 15 is 0 Å². The molecule has 0 unspecified atom stereocenters. The van der Waals surface area contributed by atoms with Gasteiger partial charge in [0, 0.05) is 24.3 Å². The lowest BCUT2D eigenvalue weighted by Gasteiger charge is -2.34. The number of nitrogens with one attached hydrogen (secondary N) is 3. The molecule has 0 spiro atoms. The first-order chi connectivity index (χ1) is 11.8. The SMILES string of the molecule is CNC(=O)c1cccc(NC(=O)C(=O)N[C@@H]2CCC[C@@H](C)[C@H]2C)c1C. The van der Waals surface area contributed by atoms with E-state index in [0.29, 0.717) is 28.7 Å². The number of amides is 3.